The van der Waals surface area contributed by atoms with Crippen molar-refractivity contribution in [1.29, 1.82) is 0 Å². The molecule has 1 aromatic heterocycles. The Morgan fingerprint density at radius 2 is 2.09 bits per heavy atom. The molecule has 1 unspecified atom stereocenters. The molecule has 1 amide bonds. The summed E-state index contributed by atoms with van der Waals surface area (Å²) >= 11 is 0. The number of carbonyl (C=O) groups excluding carboxylic acids is 1. The van der Waals surface area contributed by atoms with Crippen LogP contribution in [-0.4, -0.2) is 28.5 Å². The minimum atomic E-state index is -0.400. The Morgan fingerprint density at radius 1 is 1.32 bits per heavy atom. The molecule has 3 rings (SSSR count). The number of amides is 1. The number of nitrogens with two attached hydrogens (primary N) is 1. The topological polar surface area (TPSA) is 93.0 Å². The minimum absolute atomic E-state index is 0.0813. The maximum absolute atomic E-state index is 11.6. The van der Waals surface area contributed by atoms with E-state index in [1.807, 2.05) is 38.1 Å². The molecule has 0 bridgehead atoms. The van der Waals surface area contributed by atoms with Crippen molar-refractivity contribution in [2.45, 2.75) is 32.8 Å². The third-order valence-electron chi connectivity index (χ3n) is 2.78. The monoisotopic (exact) mass is 304 g/mol. The van der Waals surface area contributed by atoms with Gasteiger partial charge in [-0.25, -0.2) is 4.98 Å². The Kier molecular flexibility index (Phi) is 8.37. The molecule has 0 fully saturated rings. The lowest BCUT2D eigenvalue weighted by Gasteiger charge is -2.25. The zero-order valence-corrected chi connectivity index (χ0v) is 13.1. The molecule has 1 aliphatic rings. The Morgan fingerprint density at radius 3 is 2.68 bits per heavy atom. The number of carbonyl (C=O) groups is 1. The van der Waals surface area contributed by atoms with Gasteiger partial charge >= 0.3 is 0 Å². The number of fused-ring (bicyclic) bond motifs is 1. The van der Waals surface area contributed by atoms with Gasteiger partial charge in [-0.05, 0) is 31.5 Å². The van der Waals surface area contributed by atoms with Crippen LogP contribution in [0.1, 0.15) is 26.7 Å². The lowest BCUT2D eigenvalue weighted by Crippen LogP contribution is -2.37. The Balaban J connectivity index is 0.000000289. The van der Waals surface area contributed by atoms with E-state index in [4.69, 9.17) is 10.5 Å². The number of anilines is 1. The van der Waals surface area contributed by atoms with Crippen molar-refractivity contribution in [1.82, 2.24) is 9.97 Å². The second-order valence-electron chi connectivity index (χ2n) is 4.28. The molecule has 120 valence electrons. The van der Waals surface area contributed by atoms with Gasteiger partial charge in [0.25, 0.3) is 5.91 Å². The molecule has 2 aromatic rings. The maximum atomic E-state index is 11.6. The number of hydrogen-bond acceptors (Lipinski definition) is 4. The SMILES string of the molecule is CC.NCCCC1Oc2ccccc2NC1=O.c1c[nH]cn1. The van der Waals surface area contributed by atoms with Crippen molar-refractivity contribution >= 4 is 11.6 Å². The molecular weight excluding hydrogens is 280 g/mol. The molecule has 4 N–H and O–H groups in total. The Labute approximate surface area is 131 Å². The van der Waals surface area contributed by atoms with Gasteiger partial charge in [0.2, 0.25) is 0 Å². The van der Waals surface area contributed by atoms with E-state index >= 15 is 0 Å². The van der Waals surface area contributed by atoms with Crippen LogP contribution >= 0.6 is 0 Å². The van der Waals surface area contributed by atoms with E-state index in [0.717, 1.165) is 17.9 Å². The van der Waals surface area contributed by atoms with E-state index < -0.39 is 6.10 Å². The van der Waals surface area contributed by atoms with Gasteiger partial charge in [-0.2, -0.15) is 0 Å². The number of aromatic nitrogens is 2. The van der Waals surface area contributed by atoms with Crippen LogP contribution in [0.3, 0.4) is 0 Å². The highest BCUT2D eigenvalue weighted by Gasteiger charge is 2.26. The maximum Gasteiger partial charge on any atom is 0.265 e. The highest BCUT2D eigenvalue weighted by Crippen LogP contribution is 2.29. The summed E-state index contributed by atoms with van der Waals surface area (Å²) in [7, 11) is 0. The molecule has 2 heterocycles. The van der Waals surface area contributed by atoms with Crippen LogP contribution in [0.4, 0.5) is 5.69 Å². The number of nitrogens with one attached hydrogen (secondary N) is 2. The summed E-state index contributed by atoms with van der Waals surface area (Å²) in [5, 5.41) is 2.81. The number of ether oxygens (including phenoxy) is 1. The van der Waals surface area contributed by atoms with Crippen LogP contribution in [0.15, 0.2) is 43.0 Å². The summed E-state index contributed by atoms with van der Waals surface area (Å²) in [6, 6.07) is 7.43. The van der Waals surface area contributed by atoms with Crippen LogP contribution in [0.2, 0.25) is 0 Å². The van der Waals surface area contributed by atoms with E-state index in [-0.39, 0.29) is 5.91 Å². The Hall–Kier alpha value is -2.34. The molecule has 0 saturated carbocycles. The summed E-state index contributed by atoms with van der Waals surface area (Å²) in [5.74, 6) is 0.654. The average Bonchev–Trinajstić information content (AvgIpc) is 3.14. The number of rotatable bonds is 3. The van der Waals surface area contributed by atoms with Crippen molar-refractivity contribution in [2.24, 2.45) is 5.73 Å². The van der Waals surface area contributed by atoms with Crippen molar-refractivity contribution in [3.63, 3.8) is 0 Å². The summed E-state index contributed by atoms with van der Waals surface area (Å²) in [5.41, 5.74) is 6.14. The van der Waals surface area contributed by atoms with Crippen LogP contribution in [0.5, 0.6) is 5.75 Å². The molecule has 0 radical (unpaired) electrons. The van der Waals surface area contributed by atoms with Gasteiger partial charge in [0, 0.05) is 12.4 Å². The van der Waals surface area contributed by atoms with Crippen molar-refractivity contribution in [3.8, 4) is 5.75 Å². The summed E-state index contributed by atoms with van der Waals surface area (Å²) < 4.78 is 5.58. The van der Waals surface area contributed by atoms with Crippen LogP contribution in [0.25, 0.3) is 0 Å². The van der Waals surface area contributed by atoms with Gasteiger partial charge in [-0.1, -0.05) is 26.0 Å². The number of hydrogen-bond donors (Lipinski definition) is 3. The van der Waals surface area contributed by atoms with E-state index in [9.17, 15) is 4.79 Å². The second kappa shape index (κ2) is 10.4. The van der Waals surface area contributed by atoms with Gasteiger partial charge in [-0.15, -0.1) is 0 Å². The van der Waals surface area contributed by atoms with Gasteiger partial charge < -0.3 is 20.8 Å². The van der Waals surface area contributed by atoms with Crippen molar-refractivity contribution in [2.75, 3.05) is 11.9 Å². The third kappa shape index (κ3) is 5.57. The fraction of sp³-hybridized carbons (Fsp3) is 0.375. The number of para-hydroxylation sites is 2. The zero-order chi connectivity index (χ0) is 16.2. The smallest absolute Gasteiger partial charge is 0.265 e. The standard InChI is InChI=1S/C11H14N2O2.C3H4N2.C2H6/c12-7-3-6-10-11(14)13-8-4-1-2-5-9(8)15-10;1-2-5-3-4-1;1-2/h1-2,4-5,10H,3,6-7,12H2,(H,13,14);1-3H,(H,4,5);1-2H3. The number of nitrogens with zero attached hydrogens (tertiary/aromatic N) is 1. The summed E-state index contributed by atoms with van der Waals surface area (Å²) in [4.78, 5) is 18.0. The highest BCUT2D eigenvalue weighted by molar-refractivity contribution is 5.97. The van der Waals surface area contributed by atoms with Crippen molar-refractivity contribution in [3.05, 3.63) is 43.0 Å². The molecule has 6 nitrogen and oxygen atoms in total. The third-order valence-corrected chi connectivity index (χ3v) is 2.78. The van der Waals surface area contributed by atoms with E-state index in [0.29, 0.717) is 13.0 Å². The molecule has 1 atom stereocenters. The van der Waals surface area contributed by atoms with E-state index in [2.05, 4.69) is 15.3 Å². The first kappa shape index (κ1) is 17.7. The normalized spacial score (nSPS) is 15.0. The summed E-state index contributed by atoms with van der Waals surface area (Å²) in [6.45, 7) is 4.58. The summed E-state index contributed by atoms with van der Waals surface area (Å²) in [6.07, 6.45) is 6.14. The molecule has 0 saturated heterocycles. The number of imidazole rings is 1. The molecule has 6 heteroatoms. The average molecular weight is 304 g/mol. The molecule has 1 aromatic carbocycles. The fourth-order valence-corrected chi connectivity index (χ4v) is 1.80. The van der Waals surface area contributed by atoms with Crippen LogP contribution < -0.4 is 15.8 Å². The molecular formula is C16H24N4O2. The first-order valence-corrected chi connectivity index (χ1v) is 7.50. The van der Waals surface area contributed by atoms with Gasteiger partial charge in [0.1, 0.15) is 5.75 Å². The zero-order valence-electron chi connectivity index (χ0n) is 13.1. The van der Waals surface area contributed by atoms with E-state index in [1.54, 1.807) is 18.7 Å². The van der Waals surface area contributed by atoms with E-state index in [1.165, 1.54) is 0 Å². The molecule has 0 spiro atoms. The number of H-pyrrole nitrogens is 1. The molecule has 1 aliphatic heterocycles. The molecule has 22 heavy (non-hydrogen) atoms. The number of aromatic amines is 1. The van der Waals surface area contributed by atoms with Crippen molar-refractivity contribution < 1.29 is 9.53 Å². The second-order valence-corrected chi connectivity index (χ2v) is 4.28. The van der Waals surface area contributed by atoms with Crippen LogP contribution in [0, 0.1) is 0 Å². The minimum Gasteiger partial charge on any atom is -0.478 e. The Bertz CT molecular complexity index is 511. The predicted molar refractivity (Wildman–Crippen MR) is 87.7 cm³/mol. The van der Waals surface area contributed by atoms with Gasteiger partial charge in [0.05, 0.1) is 12.0 Å². The first-order valence-electron chi connectivity index (χ1n) is 7.50. The predicted octanol–water partition coefficient (Wildman–Crippen LogP) is 2.56. The highest BCUT2D eigenvalue weighted by atomic mass is 16.5. The largest absolute Gasteiger partial charge is 0.478 e. The fourth-order valence-electron chi connectivity index (χ4n) is 1.80. The quantitative estimate of drug-likeness (QED) is 0.812. The van der Waals surface area contributed by atoms with Crippen LogP contribution in [-0.2, 0) is 4.79 Å². The lowest BCUT2D eigenvalue weighted by molar-refractivity contribution is -0.123. The molecule has 0 aliphatic carbocycles. The number of benzene rings is 1. The first-order chi connectivity index (χ1) is 10.8. The van der Waals surface area contributed by atoms with Gasteiger partial charge in [0.15, 0.2) is 6.10 Å². The lowest BCUT2D eigenvalue weighted by atomic mass is 10.1. The van der Waals surface area contributed by atoms with Gasteiger partial charge in [-0.3, -0.25) is 4.79 Å².